The lowest BCUT2D eigenvalue weighted by atomic mass is 10.1. The number of rotatable bonds is 4. The van der Waals surface area contributed by atoms with Crippen molar-refractivity contribution in [3.05, 3.63) is 53.7 Å². The summed E-state index contributed by atoms with van der Waals surface area (Å²) in [4.78, 5) is 17.5. The van der Waals surface area contributed by atoms with E-state index in [-0.39, 0.29) is 19.0 Å². The number of benzene rings is 1. The van der Waals surface area contributed by atoms with Crippen LogP contribution in [0, 0.1) is 0 Å². The van der Waals surface area contributed by atoms with Gasteiger partial charge in [0, 0.05) is 11.8 Å². The Kier molecular flexibility index (Phi) is 4.52. The second-order valence-corrected chi connectivity index (χ2v) is 5.54. The number of carbonyl (C=O) groups is 1. The molecule has 5 nitrogen and oxygen atoms in total. The second kappa shape index (κ2) is 6.62. The number of aromatic nitrogens is 1. The molecule has 25 heavy (non-hydrogen) atoms. The van der Waals surface area contributed by atoms with Crippen molar-refractivity contribution in [2.24, 2.45) is 0 Å². The summed E-state index contributed by atoms with van der Waals surface area (Å²) in [6, 6.07) is 8.80. The minimum Gasteiger partial charge on any atom is -0.497 e. The number of alkyl halides is 3. The first-order valence-corrected chi connectivity index (χ1v) is 7.50. The Bertz CT molecular complexity index is 774. The van der Waals surface area contributed by atoms with Gasteiger partial charge in [0.25, 0.3) is 5.91 Å². The van der Waals surface area contributed by atoms with Gasteiger partial charge in [-0.05, 0) is 30.3 Å². The minimum absolute atomic E-state index is 0.198. The predicted molar refractivity (Wildman–Crippen MR) is 82.6 cm³/mol. The zero-order valence-corrected chi connectivity index (χ0v) is 13.3. The molecule has 2 aromatic rings. The highest BCUT2D eigenvalue weighted by atomic mass is 19.4. The minimum atomic E-state index is -4.54. The molecule has 2 heterocycles. The maximum absolute atomic E-state index is 12.9. The van der Waals surface area contributed by atoms with Crippen LogP contribution >= 0.6 is 0 Å². The van der Waals surface area contributed by atoms with Gasteiger partial charge in [-0.15, -0.1) is 0 Å². The molecule has 0 unspecified atom stereocenters. The van der Waals surface area contributed by atoms with Gasteiger partial charge in [0.05, 0.1) is 20.2 Å². The summed E-state index contributed by atoms with van der Waals surface area (Å²) in [7, 11) is 1.50. The lowest BCUT2D eigenvalue weighted by molar-refractivity contribution is -0.140. The van der Waals surface area contributed by atoms with Crippen LogP contribution in [-0.4, -0.2) is 42.1 Å². The van der Waals surface area contributed by atoms with Crippen LogP contribution < -0.4 is 9.47 Å². The number of amides is 1. The maximum Gasteiger partial charge on any atom is 0.421 e. The fraction of sp³-hybridized carbons (Fsp3) is 0.294. The molecule has 8 heteroatoms. The number of likely N-dealkylation sites (tertiary alicyclic amines) is 1. The number of ether oxygens (including phenoxy) is 2. The molecule has 1 aliphatic heterocycles. The average molecular weight is 352 g/mol. The SMILES string of the molecule is COc1cccc(C(=O)N2CC(Oc3ncccc3C(F)(F)F)C2)c1. The van der Waals surface area contributed by atoms with E-state index < -0.39 is 23.7 Å². The normalized spacial score (nSPS) is 14.8. The van der Waals surface area contributed by atoms with Gasteiger partial charge in [0.1, 0.15) is 17.4 Å². The molecule has 0 aliphatic carbocycles. The Morgan fingerprint density at radius 3 is 2.68 bits per heavy atom. The van der Waals surface area contributed by atoms with E-state index in [1.54, 1.807) is 24.3 Å². The topological polar surface area (TPSA) is 51.7 Å². The number of halogens is 3. The summed E-state index contributed by atoms with van der Waals surface area (Å²) in [6.45, 7) is 0.397. The number of methoxy groups -OCH3 is 1. The third-order valence-electron chi connectivity index (χ3n) is 3.81. The zero-order valence-electron chi connectivity index (χ0n) is 13.3. The Morgan fingerprint density at radius 2 is 2.00 bits per heavy atom. The fourth-order valence-electron chi connectivity index (χ4n) is 2.48. The molecule has 0 saturated carbocycles. The van der Waals surface area contributed by atoms with Crippen LogP contribution in [0.1, 0.15) is 15.9 Å². The van der Waals surface area contributed by atoms with Crippen LogP contribution in [0.25, 0.3) is 0 Å². The number of carbonyl (C=O) groups excluding carboxylic acids is 1. The highest BCUT2D eigenvalue weighted by molar-refractivity contribution is 5.95. The summed E-state index contributed by atoms with van der Waals surface area (Å²) in [5.74, 6) is -0.133. The average Bonchev–Trinajstić information content (AvgIpc) is 2.56. The molecule has 0 radical (unpaired) electrons. The van der Waals surface area contributed by atoms with Crippen molar-refractivity contribution in [2.45, 2.75) is 12.3 Å². The van der Waals surface area contributed by atoms with Gasteiger partial charge in [-0.2, -0.15) is 13.2 Å². The molecular formula is C17H15F3N2O3. The predicted octanol–water partition coefficient (Wildman–Crippen LogP) is 3.01. The molecule has 1 aromatic carbocycles. The van der Waals surface area contributed by atoms with Crippen LogP contribution in [0.4, 0.5) is 13.2 Å². The second-order valence-electron chi connectivity index (χ2n) is 5.54. The third kappa shape index (κ3) is 3.67. The standard InChI is InChI=1S/C17H15F3N2O3/c1-24-12-5-2-4-11(8-12)16(23)22-9-13(10-22)25-15-14(17(18,19)20)6-3-7-21-15/h2-8,13H,9-10H2,1H3. The quantitative estimate of drug-likeness (QED) is 0.849. The number of pyridine rings is 1. The molecule has 0 spiro atoms. The number of nitrogens with zero attached hydrogens (tertiary/aromatic N) is 2. The lowest BCUT2D eigenvalue weighted by Gasteiger charge is -2.39. The summed E-state index contributed by atoms with van der Waals surface area (Å²) in [5.41, 5.74) is -0.473. The summed E-state index contributed by atoms with van der Waals surface area (Å²) >= 11 is 0. The molecule has 132 valence electrons. The highest BCUT2D eigenvalue weighted by Crippen LogP contribution is 2.35. The third-order valence-corrected chi connectivity index (χ3v) is 3.81. The van der Waals surface area contributed by atoms with Crippen molar-refractivity contribution in [3.63, 3.8) is 0 Å². The van der Waals surface area contributed by atoms with Gasteiger partial charge < -0.3 is 14.4 Å². The van der Waals surface area contributed by atoms with E-state index in [9.17, 15) is 18.0 Å². The molecule has 1 fully saturated rings. The van der Waals surface area contributed by atoms with Gasteiger partial charge in [-0.3, -0.25) is 4.79 Å². The largest absolute Gasteiger partial charge is 0.497 e. The van der Waals surface area contributed by atoms with Crippen LogP contribution in [0.15, 0.2) is 42.6 Å². The van der Waals surface area contributed by atoms with Crippen LogP contribution in [0.3, 0.4) is 0 Å². The highest BCUT2D eigenvalue weighted by Gasteiger charge is 2.38. The number of hydrogen-bond donors (Lipinski definition) is 0. The van der Waals surface area contributed by atoms with Gasteiger partial charge >= 0.3 is 6.18 Å². The molecule has 0 atom stereocenters. The molecule has 3 rings (SSSR count). The Labute approximate surface area is 142 Å². The van der Waals surface area contributed by atoms with E-state index in [1.807, 2.05) is 0 Å². The Hall–Kier alpha value is -2.77. The molecule has 1 saturated heterocycles. The smallest absolute Gasteiger partial charge is 0.421 e. The number of hydrogen-bond acceptors (Lipinski definition) is 4. The Balaban J connectivity index is 1.63. The summed E-state index contributed by atoms with van der Waals surface area (Å²) in [6.07, 6.45) is -3.82. The first kappa shape index (κ1) is 17.1. The van der Waals surface area contributed by atoms with Gasteiger partial charge in [-0.25, -0.2) is 4.98 Å². The van der Waals surface area contributed by atoms with Crippen molar-refractivity contribution >= 4 is 5.91 Å². The molecule has 0 N–H and O–H groups in total. The first-order valence-electron chi connectivity index (χ1n) is 7.50. The van der Waals surface area contributed by atoms with E-state index in [0.29, 0.717) is 11.3 Å². The summed E-state index contributed by atoms with van der Waals surface area (Å²) in [5, 5.41) is 0. The van der Waals surface area contributed by atoms with Crippen LogP contribution in [0.2, 0.25) is 0 Å². The first-order chi connectivity index (χ1) is 11.9. The van der Waals surface area contributed by atoms with Gasteiger partial charge in [0.2, 0.25) is 5.88 Å². The molecule has 1 aromatic heterocycles. The van der Waals surface area contributed by atoms with E-state index in [1.165, 1.54) is 24.3 Å². The van der Waals surface area contributed by atoms with E-state index in [4.69, 9.17) is 9.47 Å². The van der Waals surface area contributed by atoms with Crippen molar-refractivity contribution in [1.82, 2.24) is 9.88 Å². The Morgan fingerprint density at radius 1 is 1.24 bits per heavy atom. The lowest BCUT2D eigenvalue weighted by Crippen LogP contribution is -2.56. The maximum atomic E-state index is 12.9. The fourth-order valence-corrected chi connectivity index (χ4v) is 2.48. The van der Waals surface area contributed by atoms with Crippen molar-refractivity contribution in [2.75, 3.05) is 20.2 Å². The van der Waals surface area contributed by atoms with E-state index in [0.717, 1.165) is 6.07 Å². The molecular weight excluding hydrogens is 337 g/mol. The molecule has 1 amide bonds. The monoisotopic (exact) mass is 352 g/mol. The van der Waals surface area contributed by atoms with Gasteiger partial charge in [0.15, 0.2) is 0 Å². The summed E-state index contributed by atoms with van der Waals surface area (Å²) < 4.78 is 49.2. The van der Waals surface area contributed by atoms with E-state index >= 15 is 0 Å². The molecule has 0 bridgehead atoms. The van der Waals surface area contributed by atoms with Crippen molar-refractivity contribution < 1.29 is 27.4 Å². The zero-order chi connectivity index (χ0) is 18.0. The van der Waals surface area contributed by atoms with Crippen LogP contribution in [-0.2, 0) is 6.18 Å². The van der Waals surface area contributed by atoms with E-state index in [2.05, 4.69) is 4.98 Å². The van der Waals surface area contributed by atoms with Crippen molar-refractivity contribution in [1.29, 1.82) is 0 Å². The van der Waals surface area contributed by atoms with Crippen molar-refractivity contribution in [3.8, 4) is 11.6 Å². The van der Waals surface area contributed by atoms with Gasteiger partial charge in [-0.1, -0.05) is 6.07 Å². The molecule has 1 aliphatic rings. The van der Waals surface area contributed by atoms with Crippen LogP contribution in [0.5, 0.6) is 11.6 Å².